The summed E-state index contributed by atoms with van der Waals surface area (Å²) in [6, 6.07) is -0.0603. The maximum absolute atomic E-state index is 12.3. The zero-order valence-corrected chi connectivity index (χ0v) is 10.4. The molecular weight excluding hydrogens is 202 g/mol. The number of carbonyl (C=O) groups is 1. The first-order valence-electron chi connectivity index (χ1n) is 5.90. The highest BCUT2D eigenvalue weighted by atomic mass is 16.2. The fourth-order valence-electron chi connectivity index (χ4n) is 2.36. The highest BCUT2D eigenvalue weighted by molar-refractivity contribution is 5.82. The SMILES string of the molecule is C=CCN1CC(C)CN(C)C(CCN)C1=O. The summed E-state index contributed by atoms with van der Waals surface area (Å²) in [5.74, 6) is 0.689. The van der Waals surface area contributed by atoms with E-state index in [0.29, 0.717) is 19.0 Å². The number of nitrogens with two attached hydrogens (primary N) is 1. The van der Waals surface area contributed by atoms with Gasteiger partial charge < -0.3 is 10.6 Å². The fraction of sp³-hybridized carbons (Fsp3) is 0.750. The maximum atomic E-state index is 12.3. The number of likely N-dealkylation sites (N-methyl/N-ethyl adjacent to an activating group) is 1. The molecular formula is C12H23N3O. The lowest BCUT2D eigenvalue weighted by Crippen LogP contribution is -2.45. The molecule has 4 heteroatoms. The van der Waals surface area contributed by atoms with Crippen LogP contribution in [0.15, 0.2) is 12.7 Å². The number of amides is 1. The molecule has 0 aliphatic carbocycles. The van der Waals surface area contributed by atoms with Gasteiger partial charge in [-0.05, 0) is 25.9 Å². The summed E-state index contributed by atoms with van der Waals surface area (Å²) in [7, 11) is 2.01. The van der Waals surface area contributed by atoms with Crippen molar-refractivity contribution >= 4 is 5.91 Å². The molecule has 16 heavy (non-hydrogen) atoms. The average molecular weight is 225 g/mol. The maximum Gasteiger partial charge on any atom is 0.240 e. The number of nitrogens with zero attached hydrogens (tertiary/aromatic N) is 2. The van der Waals surface area contributed by atoms with Crippen molar-refractivity contribution in [2.75, 3.05) is 33.2 Å². The third-order valence-electron chi connectivity index (χ3n) is 3.05. The van der Waals surface area contributed by atoms with Gasteiger partial charge in [0.2, 0.25) is 5.91 Å². The van der Waals surface area contributed by atoms with Crippen LogP contribution in [-0.4, -0.2) is 55.0 Å². The lowest BCUT2D eigenvalue weighted by molar-refractivity contribution is -0.134. The van der Waals surface area contributed by atoms with E-state index in [4.69, 9.17) is 5.73 Å². The first-order chi connectivity index (χ1) is 7.60. The topological polar surface area (TPSA) is 49.6 Å². The summed E-state index contributed by atoms with van der Waals surface area (Å²) >= 11 is 0. The van der Waals surface area contributed by atoms with E-state index in [1.165, 1.54) is 0 Å². The van der Waals surface area contributed by atoms with Crippen LogP contribution in [0, 0.1) is 5.92 Å². The van der Waals surface area contributed by atoms with Crippen LogP contribution in [0.4, 0.5) is 0 Å². The summed E-state index contributed by atoms with van der Waals surface area (Å²) in [6.45, 7) is 8.83. The van der Waals surface area contributed by atoms with Gasteiger partial charge in [-0.15, -0.1) is 6.58 Å². The first kappa shape index (κ1) is 13.2. The normalized spacial score (nSPS) is 27.9. The van der Waals surface area contributed by atoms with Crippen molar-refractivity contribution in [3.8, 4) is 0 Å². The molecule has 0 aromatic carbocycles. The predicted molar refractivity (Wildman–Crippen MR) is 66.0 cm³/mol. The number of carbonyl (C=O) groups excluding carboxylic acids is 1. The van der Waals surface area contributed by atoms with Crippen LogP contribution in [0.1, 0.15) is 13.3 Å². The van der Waals surface area contributed by atoms with E-state index in [1.807, 2.05) is 11.9 Å². The van der Waals surface area contributed by atoms with Gasteiger partial charge >= 0.3 is 0 Å². The molecule has 0 bridgehead atoms. The van der Waals surface area contributed by atoms with E-state index in [2.05, 4.69) is 18.4 Å². The van der Waals surface area contributed by atoms with Crippen LogP contribution in [0.5, 0.6) is 0 Å². The molecule has 1 fully saturated rings. The van der Waals surface area contributed by atoms with Gasteiger partial charge in [-0.3, -0.25) is 9.69 Å². The van der Waals surface area contributed by atoms with Crippen molar-refractivity contribution in [3.05, 3.63) is 12.7 Å². The first-order valence-corrected chi connectivity index (χ1v) is 5.90. The van der Waals surface area contributed by atoms with Gasteiger partial charge in [0.05, 0.1) is 6.04 Å². The fourth-order valence-corrected chi connectivity index (χ4v) is 2.36. The Kier molecular flexibility index (Phi) is 4.96. The third kappa shape index (κ3) is 3.06. The summed E-state index contributed by atoms with van der Waals surface area (Å²) in [6.07, 6.45) is 2.52. The lowest BCUT2D eigenvalue weighted by atomic mass is 10.1. The van der Waals surface area contributed by atoms with Crippen molar-refractivity contribution in [2.45, 2.75) is 19.4 Å². The molecule has 0 saturated carbocycles. The molecule has 0 aromatic heterocycles. The Morgan fingerprint density at radius 3 is 2.81 bits per heavy atom. The van der Waals surface area contributed by atoms with Crippen LogP contribution in [-0.2, 0) is 4.79 Å². The Labute approximate surface area is 98.1 Å². The standard InChI is InChI=1S/C12H23N3O/c1-4-7-15-9-10(2)8-14(3)11(5-6-13)12(15)16/h4,10-11H,1,5-9,13H2,2-3H3. The molecule has 0 aromatic rings. The Hall–Kier alpha value is -0.870. The molecule has 2 atom stereocenters. The molecule has 0 spiro atoms. The zero-order chi connectivity index (χ0) is 12.1. The summed E-state index contributed by atoms with van der Waals surface area (Å²) in [5.41, 5.74) is 5.57. The van der Waals surface area contributed by atoms with Crippen LogP contribution in [0.3, 0.4) is 0 Å². The Morgan fingerprint density at radius 2 is 2.25 bits per heavy atom. The Bertz CT molecular complexity index is 255. The minimum Gasteiger partial charge on any atom is -0.337 e. The number of hydrogen-bond donors (Lipinski definition) is 1. The molecule has 1 heterocycles. The number of hydrogen-bond acceptors (Lipinski definition) is 3. The highest BCUT2D eigenvalue weighted by Crippen LogP contribution is 2.15. The lowest BCUT2D eigenvalue weighted by Gasteiger charge is -2.27. The summed E-state index contributed by atoms with van der Waals surface area (Å²) in [5, 5.41) is 0. The third-order valence-corrected chi connectivity index (χ3v) is 3.05. The van der Waals surface area contributed by atoms with Gasteiger partial charge in [-0.25, -0.2) is 0 Å². The van der Waals surface area contributed by atoms with Crippen molar-refractivity contribution in [1.82, 2.24) is 9.80 Å². The smallest absolute Gasteiger partial charge is 0.240 e. The van der Waals surface area contributed by atoms with Gasteiger partial charge in [0.15, 0.2) is 0 Å². The second kappa shape index (κ2) is 6.01. The van der Waals surface area contributed by atoms with Crippen molar-refractivity contribution < 1.29 is 4.79 Å². The van der Waals surface area contributed by atoms with Crippen LogP contribution in [0.25, 0.3) is 0 Å². The largest absolute Gasteiger partial charge is 0.337 e. The molecule has 1 aliphatic heterocycles. The van der Waals surface area contributed by atoms with E-state index >= 15 is 0 Å². The quantitative estimate of drug-likeness (QED) is 0.700. The summed E-state index contributed by atoms with van der Waals surface area (Å²) < 4.78 is 0. The van der Waals surface area contributed by atoms with Crippen molar-refractivity contribution in [3.63, 3.8) is 0 Å². The van der Waals surface area contributed by atoms with Gasteiger partial charge in [0.1, 0.15) is 0 Å². The molecule has 1 saturated heterocycles. The zero-order valence-electron chi connectivity index (χ0n) is 10.4. The predicted octanol–water partition coefficient (Wildman–Crippen LogP) is 0.300. The molecule has 1 amide bonds. The molecule has 0 radical (unpaired) electrons. The molecule has 1 rings (SSSR count). The minimum atomic E-state index is -0.0603. The van der Waals surface area contributed by atoms with E-state index in [9.17, 15) is 4.79 Å². The van der Waals surface area contributed by atoms with Gasteiger partial charge in [-0.2, -0.15) is 0 Å². The monoisotopic (exact) mass is 225 g/mol. The molecule has 2 unspecified atom stereocenters. The second-order valence-electron chi connectivity index (χ2n) is 4.67. The van der Waals surface area contributed by atoms with Crippen LogP contribution < -0.4 is 5.73 Å². The molecule has 4 nitrogen and oxygen atoms in total. The van der Waals surface area contributed by atoms with Gasteiger partial charge in [0.25, 0.3) is 0 Å². The van der Waals surface area contributed by atoms with Crippen molar-refractivity contribution in [1.29, 1.82) is 0 Å². The van der Waals surface area contributed by atoms with Crippen LogP contribution >= 0.6 is 0 Å². The average Bonchev–Trinajstić information content (AvgIpc) is 2.31. The number of rotatable bonds is 4. The van der Waals surface area contributed by atoms with Gasteiger partial charge in [-0.1, -0.05) is 13.0 Å². The second-order valence-corrected chi connectivity index (χ2v) is 4.67. The molecule has 92 valence electrons. The minimum absolute atomic E-state index is 0.0603. The molecule has 1 aliphatic rings. The highest BCUT2D eigenvalue weighted by Gasteiger charge is 2.31. The Balaban J connectivity index is 2.81. The van der Waals surface area contributed by atoms with E-state index in [1.54, 1.807) is 6.08 Å². The van der Waals surface area contributed by atoms with Crippen LogP contribution in [0.2, 0.25) is 0 Å². The van der Waals surface area contributed by atoms with Crippen molar-refractivity contribution in [2.24, 2.45) is 11.7 Å². The van der Waals surface area contributed by atoms with E-state index < -0.39 is 0 Å². The van der Waals surface area contributed by atoms with E-state index in [-0.39, 0.29) is 11.9 Å². The van der Waals surface area contributed by atoms with Gasteiger partial charge in [0, 0.05) is 19.6 Å². The van der Waals surface area contributed by atoms with E-state index in [0.717, 1.165) is 19.5 Å². The Morgan fingerprint density at radius 1 is 1.56 bits per heavy atom. The summed E-state index contributed by atoms with van der Waals surface area (Å²) in [4.78, 5) is 16.3. The molecule has 2 N–H and O–H groups in total.